The minimum absolute atomic E-state index is 0.686. The van der Waals surface area contributed by atoms with Crippen LogP contribution in [0.25, 0.3) is 0 Å². The van der Waals surface area contributed by atoms with Crippen LogP contribution in [0.1, 0.15) is 30.1 Å². The number of aryl methyl sites for hydroxylation is 1. The molecule has 0 amide bonds. The summed E-state index contributed by atoms with van der Waals surface area (Å²) in [5, 5.41) is 7.69. The van der Waals surface area contributed by atoms with E-state index in [2.05, 4.69) is 44.8 Å². The number of thiophene rings is 1. The van der Waals surface area contributed by atoms with Crippen LogP contribution < -0.4 is 5.32 Å². The lowest BCUT2D eigenvalue weighted by Crippen LogP contribution is -2.05. The topological polar surface area (TPSA) is 29.9 Å². The van der Waals surface area contributed by atoms with Gasteiger partial charge in [-0.25, -0.2) is 4.98 Å². The fourth-order valence-electron chi connectivity index (χ4n) is 1.85. The number of hydrogen-bond donors (Lipinski definition) is 1. The zero-order valence-electron chi connectivity index (χ0n) is 9.31. The third kappa shape index (κ3) is 1.97. The largest absolute Gasteiger partial charge is 0.352 e. The van der Waals surface area contributed by atoms with Crippen molar-refractivity contribution < 1.29 is 0 Å². The van der Waals surface area contributed by atoms with Gasteiger partial charge in [-0.05, 0) is 42.2 Å². The first kappa shape index (κ1) is 9.90. The summed E-state index contributed by atoms with van der Waals surface area (Å²) >= 11 is 1.74. The second kappa shape index (κ2) is 3.94. The highest BCUT2D eigenvalue weighted by molar-refractivity contribution is 7.07. The van der Waals surface area contributed by atoms with Crippen molar-refractivity contribution in [3.05, 3.63) is 34.3 Å². The Morgan fingerprint density at radius 2 is 2.44 bits per heavy atom. The third-order valence-corrected chi connectivity index (χ3v) is 3.56. The molecule has 1 aliphatic rings. The van der Waals surface area contributed by atoms with E-state index in [9.17, 15) is 0 Å². The molecule has 0 unspecified atom stereocenters. The summed E-state index contributed by atoms with van der Waals surface area (Å²) in [5.74, 6) is 1.02. The van der Waals surface area contributed by atoms with Gasteiger partial charge in [0.25, 0.3) is 0 Å². The highest BCUT2D eigenvalue weighted by atomic mass is 32.1. The molecule has 0 atom stereocenters. The summed E-state index contributed by atoms with van der Waals surface area (Å²) in [5.41, 5.74) is 2.42. The van der Waals surface area contributed by atoms with E-state index >= 15 is 0 Å². The summed E-state index contributed by atoms with van der Waals surface area (Å²) in [6, 6.07) is 2.83. The fourth-order valence-corrected chi connectivity index (χ4v) is 2.52. The van der Waals surface area contributed by atoms with E-state index in [0.717, 1.165) is 18.2 Å². The molecule has 0 aliphatic heterocycles. The summed E-state index contributed by atoms with van der Waals surface area (Å²) in [4.78, 5) is 4.53. The first-order chi connectivity index (χ1) is 7.83. The van der Waals surface area contributed by atoms with Crippen molar-refractivity contribution >= 4 is 17.3 Å². The number of nitrogens with zero attached hydrogens (tertiary/aromatic N) is 2. The average Bonchev–Trinajstić information content (AvgIpc) is 2.85. The molecule has 0 spiro atoms. The van der Waals surface area contributed by atoms with Crippen molar-refractivity contribution in [3.8, 4) is 0 Å². The van der Waals surface area contributed by atoms with Crippen molar-refractivity contribution in [2.45, 2.75) is 32.4 Å². The van der Waals surface area contributed by atoms with Gasteiger partial charge in [-0.15, -0.1) is 0 Å². The van der Waals surface area contributed by atoms with E-state index < -0.39 is 0 Å². The van der Waals surface area contributed by atoms with Gasteiger partial charge in [-0.2, -0.15) is 11.3 Å². The quantitative estimate of drug-likeness (QED) is 0.879. The molecular weight excluding hydrogens is 218 g/mol. The number of rotatable bonds is 4. The Hall–Kier alpha value is -1.29. The van der Waals surface area contributed by atoms with Crippen molar-refractivity contribution in [3.63, 3.8) is 0 Å². The van der Waals surface area contributed by atoms with E-state index in [1.165, 1.54) is 18.4 Å². The Morgan fingerprint density at radius 3 is 3.12 bits per heavy atom. The van der Waals surface area contributed by atoms with Gasteiger partial charge in [0.2, 0.25) is 5.95 Å². The molecule has 2 aromatic heterocycles. The average molecular weight is 233 g/mol. The Kier molecular flexibility index (Phi) is 2.44. The van der Waals surface area contributed by atoms with Crippen LogP contribution in [0.3, 0.4) is 0 Å². The number of hydrogen-bond acceptors (Lipinski definition) is 3. The molecule has 0 saturated heterocycles. The van der Waals surface area contributed by atoms with Crippen molar-refractivity contribution in [2.75, 3.05) is 5.32 Å². The zero-order valence-corrected chi connectivity index (χ0v) is 10.1. The highest BCUT2D eigenvalue weighted by Gasteiger charge is 2.26. The van der Waals surface area contributed by atoms with E-state index in [-0.39, 0.29) is 0 Å². The molecule has 1 fully saturated rings. The van der Waals surface area contributed by atoms with Gasteiger partial charge in [0.15, 0.2) is 0 Å². The van der Waals surface area contributed by atoms with Crippen LogP contribution in [-0.4, -0.2) is 9.55 Å². The predicted molar refractivity (Wildman–Crippen MR) is 66.9 cm³/mol. The van der Waals surface area contributed by atoms with Crippen LogP contribution in [0.4, 0.5) is 5.95 Å². The molecule has 3 nitrogen and oxygen atoms in total. The maximum atomic E-state index is 4.53. The van der Waals surface area contributed by atoms with Gasteiger partial charge in [0.05, 0.1) is 5.69 Å². The Bertz CT molecular complexity index is 468. The van der Waals surface area contributed by atoms with Crippen molar-refractivity contribution in [1.82, 2.24) is 9.55 Å². The van der Waals surface area contributed by atoms with Crippen LogP contribution in [0.2, 0.25) is 0 Å². The van der Waals surface area contributed by atoms with Gasteiger partial charge in [0, 0.05) is 18.8 Å². The second-order valence-electron chi connectivity index (χ2n) is 4.33. The van der Waals surface area contributed by atoms with Gasteiger partial charge in [-0.1, -0.05) is 0 Å². The number of nitrogens with one attached hydrogen (secondary N) is 1. The van der Waals surface area contributed by atoms with E-state index in [1.807, 2.05) is 0 Å². The first-order valence-corrected chi connectivity index (χ1v) is 6.57. The number of imidazole rings is 1. The van der Waals surface area contributed by atoms with Crippen LogP contribution in [0.5, 0.6) is 0 Å². The maximum Gasteiger partial charge on any atom is 0.203 e. The SMILES string of the molecule is Cc1cn(C2CC2)c(NCc2ccsc2)n1. The summed E-state index contributed by atoms with van der Waals surface area (Å²) < 4.78 is 2.28. The van der Waals surface area contributed by atoms with Gasteiger partial charge in [0.1, 0.15) is 0 Å². The van der Waals surface area contributed by atoms with Gasteiger partial charge >= 0.3 is 0 Å². The van der Waals surface area contributed by atoms with Crippen LogP contribution in [0, 0.1) is 6.92 Å². The molecular formula is C12H15N3S. The van der Waals surface area contributed by atoms with E-state index in [0.29, 0.717) is 6.04 Å². The van der Waals surface area contributed by atoms with Crippen molar-refractivity contribution in [1.29, 1.82) is 0 Å². The first-order valence-electron chi connectivity index (χ1n) is 5.63. The minimum Gasteiger partial charge on any atom is -0.352 e. The molecule has 3 rings (SSSR count). The van der Waals surface area contributed by atoms with Gasteiger partial charge in [-0.3, -0.25) is 0 Å². The molecule has 1 saturated carbocycles. The van der Waals surface area contributed by atoms with Crippen LogP contribution in [-0.2, 0) is 6.54 Å². The highest BCUT2D eigenvalue weighted by Crippen LogP contribution is 2.37. The lowest BCUT2D eigenvalue weighted by atomic mass is 10.3. The summed E-state index contributed by atoms with van der Waals surface area (Å²) in [6.07, 6.45) is 4.74. The normalized spacial score (nSPS) is 15.3. The maximum absolute atomic E-state index is 4.53. The molecule has 4 heteroatoms. The monoisotopic (exact) mass is 233 g/mol. The molecule has 0 bridgehead atoms. The summed E-state index contributed by atoms with van der Waals surface area (Å²) in [7, 11) is 0. The molecule has 1 N–H and O–H groups in total. The molecule has 1 aliphatic carbocycles. The number of anilines is 1. The molecule has 2 heterocycles. The fraction of sp³-hybridized carbons (Fsp3) is 0.417. The predicted octanol–water partition coefficient (Wildman–Crippen LogP) is 3.20. The minimum atomic E-state index is 0.686. The standard InChI is InChI=1S/C12H15N3S/c1-9-7-15(11-2-3-11)12(14-9)13-6-10-4-5-16-8-10/h4-5,7-8,11H,2-3,6H2,1H3,(H,13,14). The van der Waals surface area contributed by atoms with E-state index in [4.69, 9.17) is 0 Å². The molecule has 2 aromatic rings. The zero-order chi connectivity index (χ0) is 11.0. The van der Waals surface area contributed by atoms with Gasteiger partial charge < -0.3 is 9.88 Å². The smallest absolute Gasteiger partial charge is 0.203 e. The second-order valence-corrected chi connectivity index (χ2v) is 5.11. The van der Waals surface area contributed by atoms with Crippen LogP contribution in [0.15, 0.2) is 23.0 Å². The third-order valence-electron chi connectivity index (χ3n) is 2.82. The molecule has 0 aromatic carbocycles. The number of aromatic nitrogens is 2. The lowest BCUT2D eigenvalue weighted by molar-refractivity contribution is 0.743. The Morgan fingerprint density at radius 1 is 1.56 bits per heavy atom. The molecule has 0 radical (unpaired) electrons. The summed E-state index contributed by atoms with van der Waals surface area (Å²) in [6.45, 7) is 2.92. The lowest BCUT2D eigenvalue weighted by Gasteiger charge is -2.07. The van der Waals surface area contributed by atoms with Crippen LogP contribution >= 0.6 is 11.3 Å². The Balaban J connectivity index is 1.73. The molecule has 84 valence electrons. The molecule has 16 heavy (non-hydrogen) atoms. The van der Waals surface area contributed by atoms with Crippen molar-refractivity contribution in [2.24, 2.45) is 0 Å². The van der Waals surface area contributed by atoms with E-state index in [1.54, 1.807) is 11.3 Å². The Labute approximate surface area is 99.1 Å².